The van der Waals surface area contributed by atoms with Crippen molar-refractivity contribution in [2.75, 3.05) is 31.6 Å². The van der Waals surface area contributed by atoms with Gasteiger partial charge in [0.2, 0.25) is 5.91 Å². The summed E-state index contributed by atoms with van der Waals surface area (Å²) in [7, 11) is 1.58. The van der Waals surface area contributed by atoms with E-state index in [1.54, 1.807) is 41.1 Å². The summed E-state index contributed by atoms with van der Waals surface area (Å²) in [6, 6.07) is 20.5. The maximum absolute atomic E-state index is 13.7. The number of fused-ring (bicyclic) bond motifs is 1. The Morgan fingerprint density at radius 3 is 2.33 bits per heavy atom. The lowest BCUT2D eigenvalue weighted by molar-refractivity contribution is -0.119. The van der Waals surface area contributed by atoms with Gasteiger partial charge in [-0.3, -0.25) is 14.4 Å². The van der Waals surface area contributed by atoms with Crippen LogP contribution in [0.4, 0.5) is 5.69 Å². The molecule has 2 aliphatic heterocycles. The van der Waals surface area contributed by atoms with Crippen molar-refractivity contribution >= 4 is 23.4 Å². The van der Waals surface area contributed by atoms with Crippen LogP contribution in [0.5, 0.6) is 5.75 Å². The molecule has 8 nitrogen and oxygen atoms in total. The number of amides is 3. The summed E-state index contributed by atoms with van der Waals surface area (Å²) in [6.45, 7) is 4.40. The lowest BCUT2D eigenvalue weighted by Gasteiger charge is -2.25. The van der Waals surface area contributed by atoms with Gasteiger partial charge in [-0.25, -0.2) is 0 Å². The largest absolute Gasteiger partial charge is 0.490 e. The topological polar surface area (TPSA) is 91.0 Å². The lowest BCUT2D eigenvalue weighted by Crippen LogP contribution is -2.39. The van der Waals surface area contributed by atoms with Gasteiger partial charge < -0.3 is 25.2 Å². The quantitative estimate of drug-likeness (QED) is 0.512. The van der Waals surface area contributed by atoms with E-state index in [1.165, 1.54) is 0 Å². The average Bonchev–Trinajstić information content (AvgIpc) is 3.10. The third kappa shape index (κ3) is 6.12. The van der Waals surface area contributed by atoms with Gasteiger partial charge in [-0.05, 0) is 80.4 Å². The molecule has 1 fully saturated rings. The second-order valence-electron chi connectivity index (χ2n) is 10.1. The molecule has 2 aliphatic rings. The first-order valence-corrected chi connectivity index (χ1v) is 13.4. The van der Waals surface area contributed by atoms with Crippen LogP contribution in [0, 0.1) is 6.92 Å². The zero-order chi connectivity index (χ0) is 27.4. The third-order valence-corrected chi connectivity index (χ3v) is 7.29. The molecule has 0 radical (unpaired) electrons. The molecule has 3 amide bonds. The number of ether oxygens (including phenoxy) is 1. The van der Waals surface area contributed by atoms with Gasteiger partial charge in [0.05, 0.1) is 6.54 Å². The molecule has 0 aliphatic carbocycles. The molecule has 0 spiro atoms. The minimum atomic E-state index is -0.235. The molecule has 0 saturated carbocycles. The van der Waals surface area contributed by atoms with Crippen LogP contribution in [-0.4, -0.2) is 55.4 Å². The first kappa shape index (κ1) is 26.4. The Morgan fingerprint density at radius 2 is 1.64 bits per heavy atom. The fourth-order valence-electron chi connectivity index (χ4n) is 5.04. The molecule has 3 aromatic carbocycles. The van der Waals surface area contributed by atoms with E-state index in [9.17, 15) is 14.4 Å². The summed E-state index contributed by atoms with van der Waals surface area (Å²) in [5.41, 5.74) is 4.42. The smallest absolute Gasteiger partial charge is 0.254 e. The highest BCUT2D eigenvalue weighted by Crippen LogP contribution is 2.30. The van der Waals surface area contributed by atoms with Gasteiger partial charge >= 0.3 is 0 Å². The van der Waals surface area contributed by atoms with Gasteiger partial charge in [-0.15, -0.1) is 0 Å². The van der Waals surface area contributed by atoms with Crippen molar-refractivity contribution in [2.45, 2.75) is 39.0 Å². The van der Waals surface area contributed by atoms with Gasteiger partial charge in [0.25, 0.3) is 11.8 Å². The van der Waals surface area contributed by atoms with Gasteiger partial charge in [-0.2, -0.15) is 0 Å². The Kier molecular flexibility index (Phi) is 7.93. The van der Waals surface area contributed by atoms with E-state index >= 15 is 0 Å². The third-order valence-electron chi connectivity index (χ3n) is 7.29. The van der Waals surface area contributed by atoms with Gasteiger partial charge in [-0.1, -0.05) is 35.9 Å². The zero-order valence-corrected chi connectivity index (χ0v) is 22.4. The Bertz CT molecular complexity index is 1350. The molecule has 39 heavy (non-hydrogen) atoms. The number of nitrogens with zero attached hydrogens (tertiary/aromatic N) is 2. The number of carbonyl (C=O) groups is 3. The second-order valence-corrected chi connectivity index (χ2v) is 10.1. The van der Waals surface area contributed by atoms with Crippen LogP contribution in [-0.2, 0) is 17.9 Å². The molecule has 2 N–H and O–H groups in total. The molecular weight excluding hydrogens is 492 g/mol. The summed E-state index contributed by atoms with van der Waals surface area (Å²) in [6.07, 6.45) is 2.16. The fraction of sp³-hybridized carbons (Fsp3) is 0.323. The van der Waals surface area contributed by atoms with Crippen LogP contribution < -0.4 is 20.3 Å². The first-order chi connectivity index (χ1) is 18.9. The molecule has 1 saturated heterocycles. The molecule has 0 atom stereocenters. The summed E-state index contributed by atoms with van der Waals surface area (Å²) in [5.74, 6) is 0.163. The van der Waals surface area contributed by atoms with Crippen molar-refractivity contribution in [2.24, 2.45) is 0 Å². The number of hydrogen-bond acceptors (Lipinski definition) is 5. The molecule has 3 aromatic rings. The second kappa shape index (κ2) is 11.7. The van der Waals surface area contributed by atoms with E-state index in [0.717, 1.165) is 48.4 Å². The van der Waals surface area contributed by atoms with Gasteiger partial charge in [0, 0.05) is 30.4 Å². The minimum absolute atomic E-state index is 0.0619. The number of aryl methyl sites for hydroxylation is 1. The Morgan fingerprint density at radius 1 is 0.949 bits per heavy atom. The predicted molar refractivity (Wildman–Crippen MR) is 150 cm³/mol. The number of nitrogens with one attached hydrogen (secondary N) is 2. The Hall–Kier alpha value is -4.17. The van der Waals surface area contributed by atoms with Crippen LogP contribution >= 0.6 is 0 Å². The molecule has 2 heterocycles. The van der Waals surface area contributed by atoms with Crippen molar-refractivity contribution in [1.82, 2.24) is 15.5 Å². The van der Waals surface area contributed by atoms with E-state index in [-0.39, 0.29) is 36.9 Å². The molecule has 0 unspecified atom stereocenters. The Labute approximate surface area is 228 Å². The van der Waals surface area contributed by atoms with E-state index in [1.807, 2.05) is 49.4 Å². The molecule has 8 heteroatoms. The summed E-state index contributed by atoms with van der Waals surface area (Å²) >= 11 is 0. The van der Waals surface area contributed by atoms with Crippen molar-refractivity contribution in [1.29, 1.82) is 0 Å². The van der Waals surface area contributed by atoms with Crippen molar-refractivity contribution in [3.8, 4) is 5.75 Å². The number of benzene rings is 3. The SMILES string of the molecule is CNC(=O)c1ccc2c(c1)N(Cc1ccc(OC3CCNCC3)cc1)C(=O)CN(C(=O)c1ccc(C)cc1)C2. The standard InChI is InChI=1S/C31H34N4O4/c1-21-3-7-23(8-4-21)31(38)34-19-25-10-9-24(30(37)32-2)17-28(25)35(29(36)20-34)18-22-5-11-26(12-6-22)39-27-13-15-33-16-14-27/h3-12,17,27,33H,13-16,18-20H2,1-2H3,(H,32,37). The van der Waals surface area contributed by atoms with Crippen molar-refractivity contribution in [3.05, 3.63) is 94.5 Å². The molecule has 0 bridgehead atoms. The average molecular weight is 527 g/mol. The summed E-state index contributed by atoms with van der Waals surface area (Å²) in [4.78, 5) is 42.7. The monoisotopic (exact) mass is 526 g/mol. The molecule has 0 aromatic heterocycles. The molecule has 5 rings (SSSR count). The summed E-state index contributed by atoms with van der Waals surface area (Å²) < 4.78 is 6.13. The normalized spacial score (nSPS) is 15.9. The molecular formula is C31H34N4O4. The van der Waals surface area contributed by atoms with E-state index < -0.39 is 0 Å². The maximum Gasteiger partial charge on any atom is 0.254 e. The number of piperidine rings is 1. The molecule has 202 valence electrons. The van der Waals surface area contributed by atoms with Crippen molar-refractivity contribution < 1.29 is 19.1 Å². The number of anilines is 1. The highest BCUT2D eigenvalue weighted by molar-refractivity contribution is 6.03. The van der Waals surface area contributed by atoms with Gasteiger partial charge in [0.15, 0.2) is 0 Å². The predicted octanol–water partition coefficient (Wildman–Crippen LogP) is 3.67. The number of carbonyl (C=O) groups excluding carboxylic acids is 3. The Balaban J connectivity index is 1.41. The van der Waals surface area contributed by atoms with Gasteiger partial charge in [0.1, 0.15) is 18.4 Å². The number of hydrogen-bond donors (Lipinski definition) is 2. The van der Waals surface area contributed by atoms with E-state index in [4.69, 9.17) is 4.74 Å². The highest BCUT2D eigenvalue weighted by atomic mass is 16.5. The van der Waals surface area contributed by atoms with Crippen molar-refractivity contribution in [3.63, 3.8) is 0 Å². The maximum atomic E-state index is 13.7. The van der Waals surface area contributed by atoms with Crippen LogP contribution in [0.2, 0.25) is 0 Å². The lowest BCUT2D eigenvalue weighted by atomic mass is 10.1. The summed E-state index contributed by atoms with van der Waals surface area (Å²) in [5, 5.41) is 5.99. The fourth-order valence-corrected chi connectivity index (χ4v) is 5.04. The first-order valence-electron chi connectivity index (χ1n) is 13.4. The highest BCUT2D eigenvalue weighted by Gasteiger charge is 2.30. The zero-order valence-electron chi connectivity index (χ0n) is 22.4. The van der Waals surface area contributed by atoms with Crippen LogP contribution in [0.25, 0.3) is 0 Å². The minimum Gasteiger partial charge on any atom is -0.490 e. The van der Waals surface area contributed by atoms with Crippen LogP contribution in [0.3, 0.4) is 0 Å². The number of rotatable bonds is 6. The van der Waals surface area contributed by atoms with Crippen LogP contribution in [0.1, 0.15) is 50.2 Å². The van der Waals surface area contributed by atoms with E-state index in [0.29, 0.717) is 23.4 Å². The van der Waals surface area contributed by atoms with Crippen LogP contribution in [0.15, 0.2) is 66.7 Å². The van der Waals surface area contributed by atoms with E-state index in [2.05, 4.69) is 10.6 Å².